The monoisotopic (exact) mass is 369 g/mol. The lowest BCUT2D eigenvalue weighted by Crippen LogP contribution is -2.53. The van der Waals surface area contributed by atoms with E-state index in [0.29, 0.717) is 18.9 Å². The zero-order chi connectivity index (χ0) is 20.0. The number of amidine groups is 1. The van der Waals surface area contributed by atoms with E-state index in [1.807, 2.05) is 19.0 Å². The molecule has 0 aliphatic carbocycles. The highest BCUT2D eigenvalue weighted by atomic mass is 16.3. The van der Waals surface area contributed by atoms with Crippen LogP contribution in [0.15, 0.2) is 4.99 Å². The highest BCUT2D eigenvalue weighted by molar-refractivity contribution is 6.13. The number of amides is 3. The molecule has 0 spiro atoms. The zero-order valence-electron chi connectivity index (χ0n) is 16.5. The Balaban J connectivity index is 2.94. The standard InChI is InChI=1S/C17H31N5O4/c1-11(16(25)15(21(5)6)17(26)18-2)9-12-19-13(23)10-14(24)22(12)8-7-20(3)4/h11,15-16,25H,7-10H2,1-6H3,(H,18,26)/t11-,15-,16-/m1/s1. The van der Waals surface area contributed by atoms with Crippen LogP contribution in [0.4, 0.5) is 0 Å². The first kappa shape index (κ1) is 22.2. The van der Waals surface area contributed by atoms with E-state index in [-0.39, 0.29) is 30.6 Å². The summed E-state index contributed by atoms with van der Waals surface area (Å²) in [5, 5.41) is 13.2. The molecule has 0 aromatic heterocycles. The number of aliphatic hydroxyl groups excluding tert-OH is 1. The van der Waals surface area contributed by atoms with E-state index < -0.39 is 18.1 Å². The third-order valence-electron chi connectivity index (χ3n) is 4.42. The lowest BCUT2D eigenvalue weighted by atomic mass is 9.92. The summed E-state index contributed by atoms with van der Waals surface area (Å²) in [6, 6.07) is -0.735. The Hall–Kier alpha value is -1.84. The molecule has 0 saturated carbocycles. The first-order chi connectivity index (χ1) is 12.1. The van der Waals surface area contributed by atoms with Crippen molar-refractivity contribution in [1.29, 1.82) is 0 Å². The van der Waals surface area contributed by atoms with Crippen molar-refractivity contribution in [3.63, 3.8) is 0 Å². The zero-order valence-corrected chi connectivity index (χ0v) is 16.5. The van der Waals surface area contributed by atoms with Crippen LogP contribution in [-0.2, 0) is 14.4 Å². The van der Waals surface area contributed by atoms with Crippen molar-refractivity contribution in [2.45, 2.75) is 31.9 Å². The molecule has 0 radical (unpaired) electrons. The Bertz CT molecular complexity index is 561. The minimum atomic E-state index is -0.976. The van der Waals surface area contributed by atoms with Crippen LogP contribution in [-0.4, -0.2) is 104 Å². The predicted molar refractivity (Wildman–Crippen MR) is 98.7 cm³/mol. The van der Waals surface area contributed by atoms with E-state index in [1.165, 1.54) is 11.9 Å². The van der Waals surface area contributed by atoms with Gasteiger partial charge in [0.05, 0.1) is 6.10 Å². The number of carbonyl (C=O) groups is 3. The van der Waals surface area contributed by atoms with Crippen molar-refractivity contribution in [3.8, 4) is 0 Å². The van der Waals surface area contributed by atoms with Crippen LogP contribution in [0.3, 0.4) is 0 Å². The van der Waals surface area contributed by atoms with Gasteiger partial charge >= 0.3 is 0 Å². The molecule has 9 heteroatoms. The molecule has 0 aromatic rings. The predicted octanol–water partition coefficient (Wildman–Crippen LogP) is -1.23. The topological polar surface area (TPSA) is 106 Å². The highest BCUT2D eigenvalue weighted by Gasteiger charge is 2.35. The molecular formula is C17H31N5O4. The molecule has 1 heterocycles. The summed E-state index contributed by atoms with van der Waals surface area (Å²) in [4.78, 5) is 45.2. The second-order valence-corrected chi connectivity index (χ2v) is 7.14. The van der Waals surface area contributed by atoms with Crippen LogP contribution in [0.1, 0.15) is 19.8 Å². The van der Waals surface area contributed by atoms with E-state index >= 15 is 0 Å². The minimum absolute atomic E-state index is 0.230. The first-order valence-corrected chi connectivity index (χ1v) is 8.70. The molecule has 0 aromatic carbocycles. The van der Waals surface area contributed by atoms with Gasteiger partial charge in [0, 0.05) is 26.6 Å². The van der Waals surface area contributed by atoms with Gasteiger partial charge in [-0.1, -0.05) is 6.92 Å². The Kier molecular flexibility index (Phi) is 8.32. The van der Waals surface area contributed by atoms with Gasteiger partial charge in [0.15, 0.2) is 0 Å². The maximum absolute atomic E-state index is 12.2. The molecule has 0 saturated heterocycles. The third kappa shape index (κ3) is 5.86. The van der Waals surface area contributed by atoms with E-state index in [4.69, 9.17) is 0 Å². The number of aliphatic hydroxyl groups is 1. The SMILES string of the molecule is CNC(=O)[C@@H]([C@H](O)[C@H](C)CC1=NC(=O)CC(=O)N1CCN(C)C)N(C)C. The van der Waals surface area contributed by atoms with Gasteiger partial charge < -0.3 is 15.3 Å². The largest absolute Gasteiger partial charge is 0.391 e. The van der Waals surface area contributed by atoms with Gasteiger partial charge in [0.25, 0.3) is 5.91 Å². The average molecular weight is 369 g/mol. The molecule has 2 N–H and O–H groups in total. The molecule has 1 aliphatic rings. The molecular weight excluding hydrogens is 338 g/mol. The Morgan fingerprint density at radius 3 is 2.42 bits per heavy atom. The lowest BCUT2D eigenvalue weighted by Gasteiger charge is -2.34. The fraction of sp³-hybridized carbons (Fsp3) is 0.765. The molecule has 1 rings (SSSR count). The molecule has 1 aliphatic heterocycles. The summed E-state index contributed by atoms with van der Waals surface area (Å²) in [6.45, 7) is 2.84. The van der Waals surface area contributed by atoms with Crippen LogP contribution in [0.2, 0.25) is 0 Å². The summed E-state index contributed by atoms with van der Waals surface area (Å²) in [7, 11) is 8.73. The summed E-state index contributed by atoms with van der Waals surface area (Å²) < 4.78 is 0. The van der Waals surface area contributed by atoms with Crippen molar-refractivity contribution in [2.24, 2.45) is 10.9 Å². The van der Waals surface area contributed by atoms with Gasteiger partial charge in [-0.3, -0.25) is 24.2 Å². The normalized spacial score (nSPS) is 18.8. The fourth-order valence-electron chi connectivity index (χ4n) is 2.89. The van der Waals surface area contributed by atoms with Crippen LogP contribution < -0.4 is 5.32 Å². The number of nitrogens with one attached hydrogen (secondary N) is 1. The van der Waals surface area contributed by atoms with Crippen molar-refractivity contribution in [2.75, 3.05) is 48.3 Å². The number of rotatable bonds is 9. The van der Waals surface area contributed by atoms with Crippen molar-refractivity contribution >= 4 is 23.6 Å². The molecule has 26 heavy (non-hydrogen) atoms. The maximum atomic E-state index is 12.2. The molecule has 0 bridgehead atoms. The molecule has 0 unspecified atom stereocenters. The maximum Gasteiger partial charge on any atom is 0.256 e. The summed E-state index contributed by atoms with van der Waals surface area (Å²) in [5.74, 6) is -1.06. The Labute approximate surface area is 155 Å². The molecule has 3 amide bonds. The summed E-state index contributed by atoms with van der Waals surface area (Å²) >= 11 is 0. The number of likely N-dealkylation sites (N-methyl/N-ethyl adjacent to an activating group) is 3. The van der Waals surface area contributed by atoms with E-state index in [2.05, 4.69) is 10.3 Å². The smallest absolute Gasteiger partial charge is 0.256 e. The average Bonchev–Trinajstić information content (AvgIpc) is 2.52. The molecule has 148 valence electrons. The van der Waals surface area contributed by atoms with Gasteiger partial charge in [-0.25, -0.2) is 0 Å². The molecule has 3 atom stereocenters. The van der Waals surface area contributed by atoms with Crippen molar-refractivity contribution in [1.82, 2.24) is 20.0 Å². The van der Waals surface area contributed by atoms with Crippen molar-refractivity contribution < 1.29 is 19.5 Å². The van der Waals surface area contributed by atoms with E-state index in [0.717, 1.165) is 0 Å². The third-order valence-corrected chi connectivity index (χ3v) is 4.42. The van der Waals surface area contributed by atoms with Gasteiger partial charge in [0.1, 0.15) is 18.3 Å². The quantitative estimate of drug-likeness (QED) is 0.493. The first-order valence-electron chi connectivity index (χ1n) is 8.70. The minimum Gasteiger partial charge on any atom is -0.391 e. The summed E-state index contributed by atoms with van der Waals surface area (Å²) in [6.07, 6.45) is -0.977. The van der Waals surface area contributed by atoms with Gasteiger partial charge in [-0.15, -0.1) is 0 Å². The van der Waals surface area contributed by atoms with Crippen LogP contribution in [0.25, 0.3) is 0 Å². The Morgan fingerprint density at radius 2 is 1.92 bits per heavy atom. The number of hydrogen-bond donors (Lipinski definition) is 2. The number of hydrogen-bond acceptors (Lipinski definition) is 6. The van der Waals surface area contributed by atoms with E-state index in [1.54, 1.807) is 25.9 Å². The fourth-order valence-corrected chi connectivity index (χ4v) is 2.89. The second-order valence-electron chi connectivity index (χ2n) is 7.14. The lowest BCUT2D eigenvalue weighted by molar-refractivity contribution is -0.134. The van der Waals surface area contributed by atoms with Crippen LogP contribution in [0.5, 0.6) is 0 Å². The van der Waals surface area contributed by atoms with Gasteiger partial charge in [-0.2, -0.15) is 4.99 Å². The van der Waals surface area contributed by atoms with Gasteiger partial charge in [0.2, 0.25) is 11.8 Å². The highest BCUT2D eigenvalue weighted by Crippen LogP contribution is 2.19. The summed E-state index contributed by atoms with van der Waals surface area (Å²) in [5.41, 5.74) is 0. The number of nitrogens with zero attached hydrogens (tertiary/aromatic N) is 4. The molecule has 9 nitrogen and oxygen atoms in total. The van der Waals surface area contributed by atoms with E-state index in [9.17, 15) is 19.5 Å². The van der Waals surface area contributed by atoms with Crippen LogP contribution in [0, 0.1) is 5.92 Å². The van der Waals surface area contributed by atoms with Crippen molar-refractivity contribution in [3.05, 3.63) is 0 Å². The molecule has 0 fully saturated rings. The number of carbonyl (C=O) groups excluding carboxylic acids is 3. The Morgan fingerprint density at radius 1 is 1.31 bits per heavy atom. The van der Waals surface area contributed by atoms with Gasteiger partial charge in [-0.05, 0) is 34.1 Å². The number of aliphatic imine (C=N–C) groups is 1. The second kappa shape index (κ2) is 9.75. The van der Waals surface area contributed by atoms with Crippen LogP contribution >= 0.6 is 0 Å².